The van der Waals surface area contributed by atoms with E-state index in [0.29, 0.717) is 17.1 Å². The molecule has 8 nitrogen and oxygen atoms in total. The van der Waals surface area contributed by atoms with Crippen molar-refractivity contribution in [2.24, 2.45) is 5.73 Å². The molecule has 0 fully saturated rings. The first-order chi connectivity index (χ1) is 16.3. The second kappa shape index (κ2) is 11.7. The molecular formula is C25H27N5O3S. The van der Waals surface area contributed by atoms with Gasteiger partial charge in [-0.25, -0.2) is 4.79 Å². The number of para-hydroxylation sites is 1. The Kier molecular flexibility index (Phi) is 8.42. The highest BCUT2D eigenvalue weighted by atomic mass is 32.1. The van der Waals surface area contributed by atoms with Crippen LogP contribution in [0.5, 0.6) is 11.5 Å². The Morgan fingerprint density at radius 3 is 2.38 bits per heavy atom. The molecule has 0 aliphatic rings. The van der Waals surface area contributed by atoms with Crippen LogP contribution in [0.3, 0.4) is 0 Å². The molecule has 0 aliphatic heterocycles. The van der Waals surface area contributed by atoms with Crippen molar-refractivity contribution in [3.63, 3.8) is 0 Å². The number of carbonyl (C=O) groups is 2. The molecule has 0 radical (unpaired) electrons. The topological polar surface area (TPSA) is 118 Å². The Labute approximate surface area is 203 Å². The number of rotatable bonds is 7. The minimum absolute atomic E-state index is 0.0726. The number of primary amides is 1. The van der Waals surface area contributed by atoms with Crippen LogP contribution in [-0.4, -0.2) is 17.1 Å². The summed E-state index contributed by atoms with van der Waals surface area (Å²) < 4.78 is 5.85. The molecule has 3 rings (SSSR count). The summed E-state index contributed by atoms with van der Waals surface area (Å²) in [7, 11) is 0. The van der Waals surface area contributed by atoms with Crippen LogP contribution >= 0.6 is 12.2 Å². The van der Waals surface area contributed by atoms with E-state index in [2.05, 4.69) is 21.5 Å². The van der Waals surface area contributed by atoms with Crippen molar-refractivity contribution in [3.8, 4) is 11.5 Å². The average molecular weight is 478 g/mol. The molecule has 0 spiro atoms. The molecule has 0 aromatic heterocycles. The molecule has 6 N–H and O–H groups in total. The summed E-state index contributed by atoms with van der Waals surface area (Å²) in [6.07, 6.45) is -0.0726. The summed E-state index contributed by atoms with van der Waals surface area (Å²) in [6, 6.07) is 20.8. The lowest BCUT2D eigenvalue weighted by molar-refractivity contribution is -0.122. The lowest BCUT2D eigenvalue weighted by Crippen LogP contribution is -2.45. The Morgan fingerprint density at radius 2 is 1.65 bits per heavy atom. The van der Waals surface area contributed by atoms with E-state index in [1.54, 1.807) is 24.3 Å². The van der Waals surface area contributed by atoms with Crippen molar-refractivity contribution in [2.45, 2.75) is 26.3 Å². The quantitative estimate of drug-likeness (QED) is 0.257. The molecule has 1 unspecified atom stereocenters. The summed E-state index contributed by atoms with van der Waals surface area (Å²) >= 11 is 5.27. The van der Waals surface area contributed by atoms with E-state index in [1.807, 2.05) is 62.4 Å². The molecular weight excluding hydrogens is 450 g/mol. The molecule has 0 heterocycles. The third-order valence-corrected chi connectivity index (χ3v) is 5.32. The van der Waals surface area contributed by atoms with Crippen LogP contribution in [-0.2, 0) is 4.79 Å². The number of aryl methyl sites for hydroxylation is 1. The predicted octanol–water partition coefficient (Wildman–Crippen LogP) is 4.21. The van der Waals surface area contributed by atoms with Gasteiger partial charge in [-0.15, -0.1) is 0 Å². The van der Waals surface area contributed by atoms with Crippen molar-refractivity contribution in [3.05, 3.63) is 89.5 Å². The van der Waals surface area contributed by atoms with Crippen LogP contribution in [0.2, 0.25) is 0 Å². The minimum atomic E-state index is -0.743. The van der Waals surface area contributed by atoms with Crippen molar-refractivity contribution < 1.29 is 14.3 Å². The number of ether oxygens (including phenoxy) is 1. The van der Waals surface area contributed by atoms with Crippen LogP contribution in [0.1, 0.15) is 29.2 Å². The highest BCUT2D eigenvalue weighted by molar-refractivity contribution is 7.80. The molecule has 34 heavy (non-hydrogen) atoms. The number of anilines is 1. The van der Waals surface area contributed by atoms with Gasteiger partial charge in [0.15, 0.2) is 5.11 Å². The number of hydrogen-bond donors (Lipinski definition) is 5. The van der Waals surface area contributed by atoms with Crippen molar-refractivity contribution in [2.75, 3.05) is 5.32 Å². The normalized spacial score (nSPS) is 11.1. The van der Waals surface area contributed by atoms with Crippen LogP contribution in [0.25, 0.3) is 0 Å². The molecule has 0 saturated carbocycles. The molecule has 0 saturated heterocycles. The van der Waals surface area contributed by atoms with E-state index in [4.69, 9.17) is 22.7 Å². The van der Waals surface area contributed by atoms with Gasteiger partial charge < -0.3 is 21.1 Å². The number of carbonyl (C=O) groups excluding carboxylic acids is 2. The van der Waals surface area contributed by atoms with Gasteiger partial charge in [0.1, 0.15) is 11.5 Å². The number of hydrazine groups is 1. The standard InChI is InChI=1S/C25H27N5O3S/c1-16-8-6-13-21(17(16)2)28-25(34)30-29-23(31)15-22(27-24(26)32)18-9-7-12-20(14-18)33-19-10-4-3-5-11-19/h3-14,22H,15H2,1-2H3,(H,29,31)(H3,26,27,32)(H2,28,30,34). The van der Waals surface area contributed by atoms with Gasteiger partial charge in [0.2, 0.25) is 5.91 Å². The molecule has 0 bridgehead atoms. The number of nitrogens with one attached hydrogen (secondary N) is 4. The van der Waals surface area contributed by atoms with Crippen LogP contribution in [0, 0.1) is 13.8 Å². The van der Waals surface area contributed by atoms with E-state index < -0.39 is 18.0 Å². The monoisotopic (exact) mass is 477 g/mol. The largest absolute Gasteiger partial charge is 0.457 e. The third-order valence-electron chi connectivity index (χ3n) is 5.11. The van der Waals surface area contributed by atoms with Gasteiger partial charge in [0.05, 0.1) is 12.5 Å². The summed E-state index contributed by atoms with van der Waals surface area (Å²) in [5.41, 5.74) is 14.3. The fourth-order valence-electron chi connectivity index (χ4n) is 3.25. The van der Waals surface area contributed by atoms with Crippen molar-refractivity contribution in [1.82, 2.24) is 16.2 Å². The fraction of sp³-hybridized carbons (Fsp3) is 0.160. The zero-order chi connectivity index (χ0) is 24.5. The summed E-state index contributed by atoms with van der Waals surface area (Å²) in [4.78, 5) is 24.1. The Balaban J connectivity index is 1.61. The highest BCUT2D eigenvalue weighted by Crippen LogP contribution is 2.26. The number of amides is 3. The zero-order valence-corrected chi connectivity index (χ0v) is 19.7. The first kappa shape index (κ1) is 24.5. The lowest BCUT2D eigenvalue weighted by atomic mass is 10.0. The molecule has 0 aliphatic carbocycles. The van der Waals surface area contributed by atoms with Crippen LogP contribution in [0.4, 0.5) is 10.5 Å². The summed E-state index contributed by atoms with van der Waals surface area (Å²) in [6.45, 7) is 3.99. The molecule has 3 aromatic rings. The summed E-state index contributed by atoms with van der Waals surface area (Å²) in [5, 5.41) is 5.89. The Hall–Kier alpha value is -4.11. The number of thiocarbonyl (C=S) groups is 1. The average Bonchev–Trinajstić information content (AvgIpc) is 2.81. The number of urea groups is 1. The minimum Gasteiger partial charge on any atom is -0.457 e. The van der Waals surface area contributed by atoms with E-state index in [-0.39, 0.29) is 11.5 Å². The SMILES string of the molecule is Cc1cccc(NC(=S)NNC(=O)CC(NC(N)=O)c2cccc(Oc3ccccc3)c2)c1C. The second-order valence-corrected chi connectivity index (χ2v) is 8.04. The molecule has 3 amide bonds. The predicted molar refractivity (Wildman–Crippen MR) is 136 cm³/mol. The highest BCUT2D eigenvalue weighted by Gasteiger charge is 2.18. The maximum Gasteiger partial charge on any atom is 0.312 e. The van der Waals surface area contributed by atoms with Gasteiger partial charge in [0.25, 0.3) is 0 Å². The fourth-order valence-corrected chi connectivity index (χ4v) is 3.41. The van der Waals surface area contributed by atoms with E-state index in [1.165, 1.54) is 0 Å². The van der Waals surface area contributed by atoms with Gasteiger partial charge in [-0.2, -0.15) is 0 Å². The van der Waals surface area contributed by atoms with Gasteiger partial charge >= 0.3 is 6.03 Å². The number of benzene rings is 3. The first-order valence-corrected chi connectivity index (χ1v) is 11.0. The Morgan fingerprint density at radius 1 is 0.941 bits per heavy atom. The third kappa shape index (κ3) is 7.21. The smallest absolute Gasteiger partial charge is 0.312 e. The van der Waals surface area contributed by atoms with Gasteiger partial charge in [-0.3, -0.25) is 15.6 Å². The number of hydrogen-bond acceptors (Lipinski definition) is 4. The van der Waals surface area contributed by atoms with Gasteiger partial charge in [-0.1, -0.05) is 42.5 Å². The van der Waals surface area contributed by atoms with Gasteiger partial charge in [-0.05, 0) is 73.1 Å². The van der Waals surface area contributed by atoms with E-state index in [0.717, 1.165) is 16.8 Å². The van der Waals surface area contributed by atoms with E-state index >= 15 is 0 Å². The number of nitrogens with two attached hydrogens (primary N) is 1. The van der Waals surface area contributed by atoms with Gasteiger partial charge in [0, 0.05) is 5.69 Å². The van der Waals surface area contributed by atoms with Crippen LogP contribution in [0.15, 0.2) is 72.8 Å². The Bertz CT molecular complexity index is 1170. The lowest BCUT2D eigenvalue weighted by Gasteiger charge is -2.19. The van der Waals surface area contributed by atoms with E-state index in [9.17, 15) is 9.59 Å². The zero-order valence-electron chi connectivity index (χ0n) is 18.9. The second-order valence-electron chi connectivity index (χ2n) is 7.63. The molecule has 3 aromatic carbocycles. The summed E-state index contributed by atoms with van der Waals surface area (Å²) in [5.74, 6) is 0.849. The molecule has 9 heteroatoms. The maximum atomic E-state index is 12.6. The molecule has 176 valence electrons. The van der Waals surface area contributed by atoms with Crippen LogP contribution < -0.4 is 32.0 Å². The van der Waals surface area contributed by atoms with Crippen molar-refractivity contribution >= 4 is 35.0 Å². The first-order valence-electron chi connectivity index (χ1n) is 10.6. The molecule has 1 atom stereocenters. The maximum absolute atomic E-state index is 12.6. The van der Waals surface area contributed by atoms with Crippen molar-refractivity contribution in [1.29, 1.82) is 0 Å².